The standard InChI is InChI=1S/C18H30N4O4S/c1-13(2)8-15-10-26-7-6-22(15)18(23)16-11-27(24,25)12-17(16)19-9-14-4-5-21(3)20-14/h4-5,13,15-17,19H,6-12H2,1-3H3/t15-,16+,17+/m0/s1. The SMILES string of the molecule is CC(C)C[C@H]1COCCN1C(=O)[C@@H]1CS(=O)(=O)C[C@H]1NCc1ccn(C)n1. The molecule has 0 spiro atoms. The molecular formula is C18H30N4O4S. The van der Waals surface area contributed by atoms with Crippen LogP contribution in [0.25, 0.3) is 0 Å². The van der Waals surface area contributed by atoms with E-state index in [0.717, 1.165) is 12.1 Å². The number of carbonyl (C=O) groups excluding carboxylic acids is 1. The molecule has 9 heteroatoms. The van der Waals surface area contributed by atoms with Crippen LogP contribution in [0.15, 0.2) is 12.3 Å². The van der Waals surface area contributed by atoms with E-state index >= 15 is 0 Å². The van der Waals surface area contributed by atoms with Crippen molar-refractivity contribution in [1.82, 2.24) is 20.0 Å². The lowest BCUT2D eigenvalue weighted by Gasteiger charge is -2.38. The van der Waals surface area contributed by atoms with Crippen molar-refractivity contribution >= 4 is 15.7 Å². The summed E-state index contributed by atoms with van der Waals surface area (Å²) in [6.07, 6.45) is 2.70. The maximum Gasteiger partial charge on any atom is 0.228 e. The summed E-state index contributed by atoms with van der Waals surface area (Å²) in [5.41, 5.74) is 0.831. The molecule has 2 aliphatic rings. The topological polar surface area (TPSA) is 93.5 Å². The van der Waals surface area contributed by atoms with Crippen LogP contribution >= 0.6 is 0 Å². The zero-order chi connectivity index (χ0) is 19.6. The molecule has 0 aliphatic carbocycles. The molecular weight excluding hydrogens is 368 g/mol. The van der Waals surface area contributed by atoms with E-state index in [2.05, 4.69) is 24.3 Å². The number of nitrogens with zero attached hydrogens (tertiary/aromatic N) is 3. The Labute approximate surface area is 161 Å². The second kappa shape index (κ2) is 8.28. The monoisotopic (exact) mass is 398 g/mol. The number of aryl methyl sites for hydroxylation is 1. The van der Waals surface area contributed by atoms with Crippen molar-refractivity contribution in [2.75, 3.05) is 31.3 Å². The zero-order valence-electron chi connectivity index (χ0n) is 16.3. The number of hydrogen-bond donors (Lipinski definition) is 1. The van der Waals surface area contributed by atoms with Crippen molar-refractivity contribution in [3.8, 4) is 0 Å². The Balaban J connectivity index is 1.71. The molecule has 2 fully saturated rings. The normalized spacial score (nSPS) is 28.0. The van der Waals surface area contributed by atoms with E-state index in [4.69, 9.17) is 4.74 Å². The molecule has 8 nitrogen and oxygen atoms in total. The first-order valence-electron chi connectivity index (χ1n) is 9.55. The summed E-state index contributed by atoms with van der Waals surface area (Å²) in [5.74, 6) is -0.264. The molecule has 152 valence electrons. The van der Waals surface area contributed by atoms with Gasteiger partial charge in [0.05, 0.1) is 42.4 Å². The Morgan fingerprint density at radius 1 is 1.41 bits per heavy atom. The molecule has 1 aromatic rings. The third-order valence-electron chi connectivity index (χ3n) is 5.24. The second-order valence-electron chi connectivity index (χ2n) is 8.04. The van der Waals surface area contributed by atoms with Gasteiger partial charge in [-0.2, -0.15) is 5.10 Å². The molecule has 0 unspecified atom stereocenters. The third kappa shape index (κ3) is 5.08. The molecule has 3 atom stereocenters. The van der Waals surface area contributed by atoms with Crippen molar-refractivity contribution in [2.45, 2.75) is 38.9 Å². The van der Waals surface area contributed by atoms with Crippen LogP contribution in [0, 0.1) is 11.8 Å². The lowest BCUT2D eigenvalue weighted by Crippen LogP contribution is -2.54. The average molecular weight is 399 g/mol. The van der Waals surface area contributed by atoms with Gasteiger partial charge in [-0.05, 0) is 18.4 Å². The van der Waals surface area contributed by atoms with Gasteiger partial charge in [0.15, 0.2) is 9.84 Å². The summed E-state index contributed by atoms with van der Waals surface area (Å²) < 4.78 is 31.8. The van der Waals surface area contributed by atoms with E-state index in [9.17, 15) is 13.2 Å². The average Bonchev–Trinajstić information content (AvgIpc) is 3.14. The number of morpholine rings is 1. The Morgan fingerprint density at radius 2 is 2.19 bits per heavy atom. The van der Waals surface area contributed by atoms with E-state index in [1.807, 2.05) is 24.2 Å². The van der Waals surface area contributed by atoms with Crippen LogP contribution in [0.4, 0.5) is 0 Å². The highest BCUT2D eigenvalue weighted by Crippen LogP contribution is 2.25. The van der Waals surface area contributed by atoms with Gasteiger partial charge in [-0.15, -0.1) is 0 Å². The molecule has 1 aromatic heterocycles. The number of rotatable bonds is 6. The Morgan fingerprint density at radius 3 is 2.85 bits per heavy atom. The highest BCUT2D eigenvalue weighted by molar-refractivity contribution is 7.91. The molecule has 1 amide bonds. The van der Waals surface area contributed by atoms with Crippen molar-refractivity contribution in [1.29, 1.82) is 0 Å². The number of sulfone groups is 1. The maximum absolute atomic E-state index is 13.3. The summed E-state index contributed by atoms with van der Waals surface area (Å²) in [6.45, 7) is 6.24. The van der Waals surface area contributed by atoms with Gasteiger partial charge < -0.3 is 15.0 Å². The van der Waals surface area contributed by atoms with E-state index in [0.29, 0.717) is 32.2 Å². The summed E-state index contributed by atoms with van der Waals surface area (Å²) in [6, 6.07) is 1.52. The number of ether oxygens (including phenoxy) is 1. The number of aromatic nitrogens is 2. The smallest absolute Gasteiger partial charge is 0.228 e. The fourth-order valence-electron chi connectivity index (χ4n) is 3.98. The third-order valence-corrected chi connectivity index (χ3v) is 6.97. The Kier molecular flexibility index (Phi) is 6.22. The molecule has 0 bridgehead atoms. The predicted octanol–water partition coefficient (Wildman–Crippen LogP) is 0.196. The minimum Gasteiger partial charge on any atom is -0.377 e. The predicted molar refractivity (Wildman–Crippen MR) is 102 cm³/mol. The number of hydrogen-bond acceptors (Lipinski definition) is 6. The van der Waals surface area contributed by atoms with Crippen molar-refractivity contribution < 1.29 is 17.9 Å². The van der Waals surface area contributed by atoms with Gasteiger partial charge in [-0.3, -0.25) is 9.48 Å². The van der Waals surface area contributed by atoms with Crippen molar-refractivity contribution in [2.24, 2.45) is 18.9 Å². The number of amides is 1. The van der Waals surface area contributed by atoms with Crippen LogP contribution in [0.2, 0.25) is 0 Å². The number of nitrogens with one attached hydrogen (secondary N) is 1. The van der Waals surface area contributed by atoms with Crippen LogP contribution in [0.1, 0.15) is 26.0 Å². The van der Waals surface area contributed by atoms with Crippen molar-refractivity contribution in [3.63, 3.8) is 0 Å². The van der Waals surface area contributed by atoms with Gasteiger partial charge in [0.2, 0.25) is 5.91 Å². The van der Waals surface area contributed by atoms with Gasteiger partial charge in [0.1, 0.15) is 0 Å². The highest BCUT2D eigenvalue weighted by Gasteiger charge is 2.44. The first-order valence-corrected chi connectivity index (χ1v) is 11.4. The Hall–Kier alpha value is -1.45. The summed E-state index contributed by atoms with van der Waals surface area (Å²) in [5, 5.41) is 7.56. The molecule has 27 heavy (non-hydrogen) atoms. The largest absolute Gasteiger partial charge is 0.377 e. The fraction of sp³-hybridized carbons (Fsp3) is 0.778. The van der Waals surface area contributed by atoms with Gasteiger partial charge in [0.25, 0.3) is 0 Å². The Bertz CT molecular complexity index is 761. The molecule has 3 rings (SSSR count). The van der Waals surface area contributed by atoms with Gasteiger partial charge in [-0.25, -0.2) is 8.42 Å². The van der Waals surface area contributed by atoms with E-state index in [-0.39, 0.29) is 29.5 Å². The zero-order valence-corrected chi connectivity index (χ0v) is 17.1. The highest BCUT2D eigenvalue weighted by atomic mass is 32.2. The lowest BCUT2D eigenvalue weighted by atomic mass is 9.97. The van der Waals surface area contributed by atoms with Gasteiger partial charge in [-0.1, -0.05) is 13.8 Å². The molecule has 2 aliphatic heterocycles. The summed E-state index contributed by atoms with van der Waals surface area (Å²) >= 11 is 0. The number of carbonyl (C=O) groups is 1. The van der Waals surface area contributed by atoms with Crippen LogP contribution < -0.4 is 5.32 Å². The maximum atomic E-state index is 13.3. The molecule has 3 heterocycles. The van der Waals surface area contributed by atoms with Crippen molar-refractivity contribution in [3.05, 3.63) is 18.0 Å². The molecule has 1 N–H and O–H groups in total. The molecule has 2 saturated heterocycles. The van der Waals surface area contributed by atoms with Gasteiger partial charge in [0, 0.05) is 32.4 Å². The summed E-state index contributed by atoms with van der Waals surface area (Å²) in [4.78, 5) is 15.1. The van der Waals surface area contributed by atoms with E-state index in [1.165, 1.54) is 0 Å². The quantitative estimate of drug-likeness (QED) is 0.736. The molecule has 0 aromatic carbocycles. The van der Waals surface area contributed by atoms with Crippen LogP contribution in [0.5, 0.6) is 0 Å². The molecule has 0 saturated carbocycles. The minimum atomic E-state index is -3.23. The second-order valence-corrected chi connectivity index (χ2v) is 10.2. The lowest BCUT2D eigenvalue weighted by molar-refractivity contribution is -0.144. The first-order chi connectivity index (χ1) is 12.7. The fourth-order valence-corrected chi connectivity index (χ4v) is 5.94. The minimum absolute atomic E-state index is 0.00454. The van der Waals surface area contributed by atoms with Crippen LogP contribution in [0.3, 0.4) is 0 Å². The van der Waals surface area contributed by atoms with E-state index < -0.39 is 15.8 Å². The summed E-state index contributed by atoms with van der Waals surface area (Å²) in [7, 11) is -1.40. The van der Waals surface area contributed by atoms with E-state index in [1.54, 1.807) is 4.68 Å². The van der Waals surface area contributed by atoms with Gasteiger partial charge >= 0.3 is 0 Å². The first kappa shape index (κ1) is 20.3. The molecule has 0 radical (unpaired) electrons. The van der Waals surface area contributed by atoms with Crippen LogP contribution in [-0.4, -0.2) is 72.4 Å². The van der Waals surface area contributed by atoms with Crippen LogP contribution in [-0.2, 0) is 33.0 Å².